The molecular formula is C7H10ClNO2. The molecule has 0 aromatic heterocycles. The van der Waals surface area contributed by atoms with Gasteiger partial charge in [-0.25, -0.2) is 4.79 Å². The summed E-state index contributed by atoms with van der Waals surface area (Å²) in [5, 5.41) is 8.53. The molecule has 0 bridgehead atoms. The summed E-state index contributed by atoms with van der Waals surface area (Å²) in [6, 6.07) is 0. The highest BCUT2D eigenvalue weighted by molar-refractivity contribution is 5.87. The van der Waals surface area contributed by atoms with E-state index in [2.05, 4.69) is 0 Å². The molecule has 1 aliphatic heterocycles. The van der Waals surface area contributed by atoms with Gasteiger partial charge < -0.3 is 10.0 Å². The molecule has 0 aromatic carbocycles. The van der Waals surface area contributed by atoms with Crippen LogP contribution in [-0.4, -0.2) is 29.6 Å². The third kappa shape index (κ3) is 2.63. The molecule has 1 N–H and O–H groups in total. The Morgan fingerprint density at radius 3 is 2.73 bits per heavy atom. The van der Waals surface area contributed by atoms with E-state index >= 15 is 0 Å². The number of nitrogens with zero attached hydrogens (tertiary/aromatic N) is 1. The Bertz CT molecular complexity index is 210. The Balaban J connectivity index is 0.000001000. The van der Waals surface area contributed by atoms with Gasteiger partial charge in [-0.3, -0.25) is 0 Å². The van der Waals surface area contributed by atoms with Crippen LogP contribution in [0.5, 0.6) is 0 Å². The molecule has 0 aromatic rings. The number of likely N-dealkylation sites (N-methyl/N-ethyl adjacent to an activating group) is 1. The van der Waals surface area contributed by atoms with Crippen molar-refractivity contribution in [1.29, 1.82) is 0 Å². The average Bonchev–Trinajstić information content (AvgIpc) is 1.88. The summed E-state index contributed by atoms with van der Waals surface area (Å²) in [5.41, 5.74) is 0.435. The number of carboxylic acid groups (broad SMARTS) is 1. The van der Waals surface area contributed by atoms with Gasteiger partial charge >= 0.3 is 5.97 Å². The zero-order valence-electron chi connectivity index (χ0n) is 6.15. The smallest absolute Gasteiger partial charge is 0.333 e. The maximum Gasteiger partial charge on any atom is 0.333 e. The molecule has 11 heavy (non-hydrogen) atoms. The first-order chi connectivity index (χ1) is 4.70. The van der Waals surface area contributed by atoms with Gasteiger partial charge in [0.1, 0.15) is 0 Å². The van der Waals surface area contributed by atoms with E-state index in [1.54, 1.807) is 12.2 Å². The topological polar surface area (TPSA) is 40.5 Å². The number of hydrogen-bond acceptors (Lipinski definition) is 2. The Labute approximate surface area is 71.4 Å². The largest absolute Gasteiger partial charge is 0.478 e. The fourth-order valence-electron chi connectivity index (χ4n) is 0.819. The van der Waals surface area contributed by atoms with E-state index < -0.39 is 5.97 Å². The zero-order chi connectivity index (χ0) is 7.56. The van der Waals surface area contributed by atoms with Crippen molar-refractivity contribution in [3.05, 3.63) is 23.9 Å². The Hall–Kier alpha value is -0.960. The van der Waals surface area contributed by atoms with E-state index in [1.807, 2.05) is 18.1 Å². The van der Waals surface area contributed by atoms with Crippen LogP contribution in [0.3, 0.4) is 0 Å². The van der Waals surface area contributed by atoms with Crippen LogP contribution in [0, 0.1) is 0 Å². The first kappa shape index (κ1) is 10.0. The molecule has 0 saturated heterocycles. The molecule has 0 fully saturated rings. The maximum absolute atomic E-state index is 10.4. The molecule has 0 saturated carbocycles. The first-order valence-corrected chi connectivity index (χ1v) is 3.01. The number of rotatable bonds is 1. The van der Waals surface area contributed by atoms with Gasteiger partial charge in [0.25, 0.3) is 0 Å². The molecule has 0 amide bonds. The van der Waals surface area contributed by atoms with Crippen LogP contribution in [0.1, 0.15) is 0 Å². The van der Waals surface area contributed by atoms with E-state index in [0.717, 1.165) is 0 Å². The van der Waals surface area contributed by atoms with Crippen molar-refractivity contribution in [2.45, 2.75) is 0 Å². The second-order valence-corrected chi connectivity index (χ2v) is 2.25. The summed E-state index contributed by atoms with van der Waals surface area (Å²) >= 11 is 0. The van der Waals surface area contributed by atoms with Gasteiger partial charge in [-0.15, -0.1) is 12.4 Å². The van der Waals surface area contributed by atoms with Crippen molar-refractivity contribution < 1.29 is 9.90 Å². The highest BCUT2D eigenvalue weighted by atomic mass is 35.5. The van der Waals surface area contributed by atoms with Crippen LogP contribution in [0.2, 0.25) is 0 Å². The van der Waals surface area contributed by atoms with E-state index in [9.17, 15) is 4.79 Å². The molecular weight excluding hydrogens is 166 g/mol. The summed E-state index contributed by atoms with van der Waals surface area (Å²) in [7, 11) is 1.84. The van der Waals surface area contributed by atoms with E-state index in [-0.39, 0.29) is 12.4 Å². The number of carbonyl (C=O) groups is 1. The summed E-state index contributed by atoms with van der Waals surface area (Å²) in [5.74, 6) is -0.837. The Kier molecular flexibility index (Phi) is 3.68. The molecule has 0 radical (unpaired) electrons. The van der Waals surface area contributed by atoms with E-state index in [4.69, 9.17) is 5.11 Å². The molecule has 0 spiro atoms. The molecule has 0 aliphatic carbocycles. The van der Waals surface area contributed by atoms with Crippen molar-refractivity contribution in [3.8, 4) is 0 Å². The predicted octanol–water partition coefficient (Wildman–Crippen LogP) is 0.878. The van der Waals surface area contributed by atoms with Gasteiger partial charge in [0.2, 0.25) is 0 Å². The van der Waals surface area contributed by atoms with Crippen LogP contribution in [0.4, 0.5) is 0 Å². The summed E-state index contributed by atoms with van der Waals surface area (Å²) in [6.45, 7) is 0.492. The summed E-state index contributed by atoms with van der Waals surface area (Å²) in [4.78, 5) is 12.2. The van der Waals surface area contributed by atoms with Crippen LogP contribution < -0.4 is 0 Å². The standard InChI is InChI=1S/C7H9NO2.ClH/c1-8-4-2-3-6(5-8)7(9)10;/h2-4H,5H2,1H3,(H,9,10);1H. The van der Waals surface area contributed by atoms with Crippen LogP contribution in [0.25, 0.3) is 0 Å². The zero-order valence-corrected chi connectivity index (χ0v) is 6.97. The van der Waals surface area contributed by atoms with Crippen molar-refractivity contribution in [3.63, 3.8) is 0 Å². The predicted molar refractivity (Wildman–Crippen MR) is 44.7 cm³/mol. The number of aliphatic carboxylic acids is 1. The van der Waals surface area contributed by atoms with Gasteiger partial charge in [0.05, 0.1) is 5.57 Å². The van der Waals surface area contributed by atoms with E-state index in [1.165, 1.54) is 0 Å². The van der Waals surface area contributed by atoms with Crippen molar-refractivity contribution in [1.82, 2.24) is 4.90 Å². The minimum absolute atomic E-state index is 0. The normalized spacial score (nSPS) is 15.4. The first-order valence-electron chi connectivity index (χ1n) is 3.01. The lowest BCUT2D eigenvalue weighted by Gasteiger charge is -2.16. The molecule has 1 heterocycles. The minimum atomic E-state index is -0.837. The maximum atomic E-state index is 10.4. The van der Waals surface area contributed by atoms with Crippen molar-refractivity contribution >= 4 is 18.4 Å². The molecule has 4 heteroatoms. The van der Waals surface area contributed by atoms with Gasteiger partial charge in [-0.1, -0.05) is 0 Å². The summed E-state index contributed by atoms with van der Waals surface area (Å²) in [6.07, 6.45) is 5.18. The third-order valence-corrected chi connectivity index (χ3v) is 1.33. The quantitative estimate of drug-likeness (QED) is 0.643. The lowest BCUT2D eigenvalue weighted by atomic mass is 10.2. The lowest BCUT2D eigenvalue weighted by Crippen LogP contribution is -2.20. The number of allylic oxidation sites excluding steroid dienone is 2. The SMILES string of the molecule is CN1C=CC=C(C(=O)O)C1.Cl. The molecule has 3 nitrogen and oxygen atoms in total. The summed E-state index contributed by atoms with van der Waals surface area (Å²) < 4.78 is 0. The Morgan fingerprint density at radius 1 is 1.73 bits per heavy atom. The third-order valence-electron chi connectivity index (χ3n) is 1.33. The fraction of sp³-hybridized carbons (Fsp3) is 0.286. The lowest BCUT2D eigenvalue weighted by molar-refractivity contribution is -0.132. The molecule has 0 atom stereocenters. The minimum Gasteiger partial charge on any atom is -0.478 e. The average molecular weight is 176 g/mol. The van der Waals surface area contributed by atoms with Gasteiger partial charge in [0.15, 0.2) is 0 Å². The van der Waals surface area contributed by atoms with Gasteiger partial charge in [-0.2, -0.15) is 0 Å². The second-order valence-electron chi connectivity index (χ2n) is 2.25. The second kappa shape index (κ2) is 4.03. The molecule has 0 unspecified atom stereocenters. The van der Waals surface area contributed by atoms with E-state index in [0.29, 0.717) is 12.1 Å². The van der Waals surface area contributed by atoms with Crippen LogP contribution >= 0.6 is 12.4 Å². The number of carboxylic acids is 1. The highest BCUT2D eigenvalue weighted by Crippen LogP contribution is 2.04. The molecule has 1 rings (SSSR count). The number of hydrogen-bond donors (Lipinski definition) is 1. The van der Waals surface area contributed by atoms with Crippen LogP contribution in [0.15, 0.2) is 23.9 Å². The fourth-order valence-corrected chi connectivity index (χ4v) is 0.819. The molecule has 1 aliphatic rings. The monoisotopic (exact) mass is 175 g/mol. The molecule has 62 valence electrons. The van der Waals surface area contributed by atoms with Gasteiger partial charge in [0, 0.05) is 13.6 Å². The van der Waals surface area contributed by atoms with Gasteiger partial charge in [-0.05, 0) is 18.4 Å². The van der Waals surface area contributed by atoms with Crippen LogP contribution in [-0.2, 0) is 4.79 Å². The number of halogens is 1. The van der Waals surface area contributed by atoms with Crippen molar-refractivity contribution in [2.24, 2.45) is 0 Å². The Morgan fingerprint density at radius 2 is 2.36 bits per heavy atom. The highest BCUT2D eigenvalue weighted by Gasteiger charge is 2.09. The van der Waals surface area contributed by atoms with Crippen molar-refractivity contribution in [2.75, 3.05) is 13.6 Å².